The Morgan fingerprint density at radius 1 is 1.05 bits per heavy atom. The van der Waals surface area contributed by atoms with Crippen molar-refractivity contribution in [2.75, 3.05) is 0 Å². The molecule has 0 spiro atoms. The summed E-state index contributed by atoms with van der Waals surface area (Å²) in [5.74, 6) is 1.03. The molecule has 0 bridgehead atoms. The summed E-state index contributed by atoms with van der Waals surface area (Å²) in [7, 11) is 0. The summed E-state index contributed by atoms with van der Waals surface area (Å²) in [6, 6.07) is 0. The first-order valence-corrected chi connectivity index (χ1v) is 8.18. The lowest BCUT2D eigenvalue weighted by Crippen LogP contribution is -1.99. The van der Waals surface area contributed by atoms with Crippen LogP contribution in [-0.4, -0.2) is 19.9 Å². The average Bonchev–Trinajstić information content (AvgIpc) is 2.86. The van der Waals surface area contributed by atoms with Gasteiger partial charge in [-0.25, -0.2) is 19.9 Å². The quantitative estimate of drug-likeness (QED) is 0.637. The van der Waals surface area contributed by atoms with Crippen LogP contribution in [0, 0.1) is 6.92 Å². The molecule has 3 aromatic heterocycles. The van der Waals surface area contributed by atoms with Crippen molar-refractivity contribution in [1.82, 2.24) is 19.9 Å². The van der Waals surface area contributed by atoms with Gasteiger partial charge < -0.3 is 0 Å². The lowest BCUT2D eigenvalue weighted by Gasteiger charge is -2.10. The van der Waals surface area contributed by atoms with E-state index in [2.05, 4.69) is 19.9 Å². The lowest BCUT2D eigenvalue weighted by molar-refractivity contribution is 0.700. The number of fused-ring (bicyclic) bond motifs is 3. The number of aromatic nitrogens is 4. The fourth-order valence-electron chi connectivity index (χ4n) is 2.72. The second-order valence-electron chi connectivity index (χ2n) is 5.31. The van der Waals surface area contributed by atoms with Crippen LogP contribution in [-0.2, 0) is 12.8 Å². The van der Waals surface area contributed by atoms with Gasteiger partial charge in [0, 0.05) is 17.3 Å². The van der Waals surface area contributed by atoms with Gasteiger partial charge in [-0.3, -0.25) is 0 Å². The molecule has 0 radical (unpaired) electrons. The maximum atomic E-state index is 6.42. The van der Waals surface area contributed by atoms with Crippen molar-refractivity contribution in [3.05, 3.63) is 33.6 Å². The van der Waals surface area contributed by atoms with Crippen LogP contribution in [0.5, 0.6) is 0 Å². The molecule has 106 valence electrons. The Kier molecular flexibility index (Phi) is 3.12. The minimum Gasteiger partial charge on any atom is -0.234 e. The summed E-state index contributed by atoms with van der Waals surface area (Å²) in [5, 5.41) is 1.56. The van der Waals surface area contributed by atoms with Gasteiger partial charge in [0.25, 0.3) is 0 Å². The number of thiophene rings is 1. The zero-order valence-corrected chi connectivity index (χ0v) is 13.1. The Labute approximate surface area is 131 Å². The zero-order chi connectivity index (χ0) is 14.4. The molecule has 0 aliphatic heterocycles. The van der Waals surface area contributed by atoms with Crippen LogP contribution in [0.3, 0.4) is 0 Å². The van der Waals surface area contributed by atoms with Crippen LogP contribution in [0.15, 0.2) is 12.4 Å². The van der Waals surface area contributed by atoms with Crippen molar-refractivity contribution in [1.29, 1.82) is 0 Å². The number of aryl methyl sites for hydroxylation is 3. The molecule has 0 N–H and O–H groups in total. The normalized spacial score (nSPS) is 14.4. The zero-order valence-electron chi connectivity index (χ0n) is 11.6. The Balaban J connectivity index is 1.91. The first kappa shape index (κ1) is 13.1. The SMILES string of the molecule is Cc1cnc(-c2nc(Cl)c3c4c(sc3n2)CCCC4)nc1. The fourth-order valence-corrected chi connectivity index (χ4v) is 4.32. The molecular formula is C15H13ClN4S. The number of halogens is 1. The van der Waals surface area contributed by atoms with Crippen molar-refractivity contribution in [2.24, 2.45) is 0 Å². The molecular weight excluding hydrogens is 304 g/mol. The molecule has 1 aliphatic carbocycles. The average molecular weight is 317 g/mol. The second kappa shape index (κ2) is 5.00. The van der Waals surface area contributed by atoms with Gasteiger partial charge in [0.1, 0.15) is 9.98 Å². The van der Waals surface area contributed by atoms with Crippen molar-refractivity contribution >= 4 is 33.2 Å². The van der Waals surface area contributed by atoms with Crippen LogP contribution in [0.2, 0.25) is 5.15 Å². The fraction of sp³-hybridized carbons (Fsp3) is 0.333. The highest BCUT2D eigenvalue weighted by molar-refractivity contribution is 7.19. The van der Waals surface area contributed by atoms with Crippen LogP contribution >= 0.6 is 22.9 Å². The van der Waals surface area contributed by atoms with Crippen LogP contribution < -0.4 is 0 Å². The van der Waals surface area contributed by atoms with Gasteiger partial charge in [0.2, 0.25) is 5.82 Å². The Morgan fingerprint density at radius 3 is 2.62 bits per heavy atom. The van der Waals surface area contributed by atoms with E-state index >= 15 is 0 Å². The summed E-state index contributed by atoms with van der Waals surface area (Å²) in [6.07, 6.45) is 8.21. The van der Waals surface area contributed by atoms with E-state index in [9.17, 15) is 0 Å². The van der Waals surface area contributed by atoms with Gasteiger partial charge >= 0.3 is 0 Å². The van der Waals surface area contributed by atoms with Gasteiger partial charge in [-0.2, -0.15) is 0 Å². The molecule has 0 fully saturated rings. The predicted molar refractivity (Wildman–Crippen MR) is 84.8 cm³/mol. The monoisotopic (exact) mass is 316 g/mol. The molecule has 6 heteroatoms. The minimum absolute atomic E-state index is 0.506. The molecule has 0 saturated carbocycles. The maximum absolute atomic E-state index is 6.42. The van der Waals surface area contributed by atoms with Crippen molar-refractivity contribution in [3.63, 3.8) is 0 Å². The third-order valence-corrected chi connectivity index (χ3v) is 5.21. The first-order chi connectivity index (χ1) is 10.2. The predicted octanol–water partition coefficient (Wildman–Crippen LogP) is 3.99. The molecule has 3 aromatic rings. The Morgan fingerprint density at radius 2 is 1.81 bits per heavy atom. The van der Waals surface area contributed by atoms with Gasteiger partial charge in [-0.1, -0.05) is 11.6 Å². The van der Waals surface area contributed by atoms with Crippen molar-refractivity contribution in [3.8, 4) is 11.6 Å². The highest BCUT2D eigenvalue weighted by atomic mass is 35.5. The summed E-state index contributed by atoms with van der Waals surface area (Å²) in [5.41, 5.74) is 2.36. The van der Waals surface area contributed by atoms with Gasteiger partial charge in [0.15, 0.2) is 5.82 Å². The van der Waals surface area contributed by atoms with E-state index in [0.717, 1.165) is 28.6 Å². The Bertz CT molecular complexity index is 826. The van der Waals surface area contributed by atoms with Crippen LogP contribution in [0.25, 0.3) is 21.9 Å². The molecule has 3 heterocycles. The van der Waals surface area contributed by atoms with E-state index in [1.165, 1.54) is 23.3 Å². The first-order valence-electron chi connectivity index (χ1n) is 6.99. The van der Waals surface area contributed by atoms with Gasteiger partial charge in [-0.15, -0.1) is 11.3 Å². The topological polar surface area (TPSA) is 51.6 Å². The maximum Gasteiger partial charge on any atom is 0.200 e. The molecule has 21 heavy (non-hydrogen) atoms. The summed E-state index contributed by atoms with van der Waals surface area (Å²) in [6.45, 7) is 1.95. The van der Waals surface area contributed by atoms with E-state index in [4.69, 9.17) is 11.6 Å². The van der Waals surface area contributed by atoms with E-state index in [-0.39, 0.29) is 0 Å². The molecule has 0 aromatic carbocycles. The van der Waals surface area contributed by atoms with Crippen molar-refractivity contribution in [2.45, 2.75) is 32.6 Å². The van der Waals surface area contributed by atoms with E-state index in [0.29, 0.717) is 16.8 Å². The summed E-state index contributed by atoms with van der Waals surface area (Å²) < 4.78 is 0. The van der Waals surface area contributed by atoms with E-state index < -0.39 is 0 Å². The number of hydrogen-bond acceptors (Lipinski definition) is 5. The summed E-state index contributed by atoms with van der Waals surface area (Å²) in [4.78, 5) is 20.0. The molecule has 0 amide bonds. The lowest BCUT2D eigenvalue weighted by atomic mass is 9.97. The third kappa shape index (κ3) is 2.21. The van der Waals surface area contributed by atoms with Crippen LogP contribution in [0.4, 0.5) is 0 Å². The molecule has 0 unspecified atom stereocenters. The second-order valence-corrected chi connectivity index (χ2v) is 6.75. The number of rotatable bonds is 1. The minimum atomic E-state index is 0.506. The third-order valence-electron chi connectivity index (χ3n) is 3.75. The standard InChI is InChI=1S/C15H13ClN4S/c1-8-6-17-13(18-7-8)14-19-12(16)11-9-4-2-3-5-10(9)21-15(11)20-14/h6-7H,2-5H2,1H3. The van der Waals surface area contributed by atoms with Gasteiger partial charge in [-0.05, 0) is 43.7 Å². The smallest absolute Gasteiger partial charge is 0.200 e. The molecule has 1 aliphatic rings. The molecule has 0 saturated heterocycles. The van der Waals surface area contributed by atoms with Crippen molar-refractivity contribution < 1.29 is 0 Å². The van der Waals surface area contributed by atoms with Crippen LogP contribution in [0.1, 0.15) is 28.8 Å². The van der Waals surface area contributed by atoms with Gasteiger partial charge in [0.05, 0.1) is 5.39 Å². The highest BCUT2D eigenvalue weighted by Gasteiger charge is 2.21. The highest BCUT2D eigenvalue weighted by Crippen LogP contribution is 2.38. The molecule has 0 atom stereocenters. The van der Waals surface area contributed by atoms with E-state index in [1.807, 2.05) is 6.92 Å². The molecule has 4 rings (SSSR count). The largest absolute Gasteiger partial charge is 0.234 e. The van der Waals surface area contributed by atoms with E-state index in [1.54, 1.807) is 23.7 Å². The summed E-state index contributed by atoms with van der Waals surface area (Å²) >= 11 is 8.16. The number of hydrogen-bond donors (Lipinski definition) is 0. The Hall–Kier alpha value is -1.59. The molecule has 4 nitrogen and oxygen atoms in total. The number of nitrogens with zero attached hydrogens (tertiary/aromatic N) is 4.